The molecule has 0 unspecified atom stereocenters. The molecule has 0 fully saturated rings. The summed E-state index contributed by atoms with van der Waals surface area (Å²) < 4.78 is 14.9. The Morgan fingerprint density at radius 1 is 1.43 bits per heavy atom. The van der Waals surface area contributed by atoms with Gasteiger partial charge in [-0.1, -0.05) is 28.1 Å². The lowest BCUT2D eigenvalue weighted by Crippen LogP contribution is -2.02. The van der Waals surface area contributed by atoms with Gasteiger partial charge in [-0.05, 0) is 11.6 Å². The van der Waals surface area contributed by atoms with Crippen LogP contribution in [0.1, 0.15) is 5.56 Å². The number of aromatic nitrogens is 3. The Morgan fingerprint density at radius 3 is 2.93 bits per heavy atom. The molecule has 0 atom stereocenters. The van der Waals surface area contributed by atoms with Crippen LogP contribution in [-0.2, 0) is 5.33 Å². The molecule has 1 aromatic carbocycles. The van der Waals surface area contributed by atoms with E-state index in [0.29, 0.717) is 11.0 Å². The Bertz CT molecular complexity index is 428. The summed E-state index contributed by atoms with van der Waals surface area (Å²) in [4.78, 5) is 3.78. The SMILES string of the molecule is Fc1cccc(CBr)c1-n1cncn1. The third kappa shape index (κ3) is 1.55. The van der Waals surface area contributed by atoms with Crippen molar-refractivity contribution in [3.05, 3.63) is 42.2 Å². The molecule has 0 spiro atoms. The van der Waals surface area contributed by atoms with Gasteiger partial charge in [0.15, 0.2) is 0 Å². The van der Waals surface area contributed by atoms with Crippen molar-refractivity contribution in [1.82, 2.24) is 14.8 Å². The summed E-state index contributed by atoms with van der Waals surface area (Å²) >= 11 is 3.30. The molecule has 0 radical (unpaired) electrons. The minimum atomic E-state index is -0.299. The lowest BCUT2D eigenvalue weighted by Gasteiger charge is -2.06. The molecule has 2 aromatic rings. The minimum Gasteiger partial charge on any atom is -0.223 e. The molecule has 2 rings (SSSR count). The molecule has 0 amide bonds. The molecule has 0 aliphatic heterocycles. The summed E-state index contributed by atoms with van der Waals surface area (Å²) in [5.74, 6) is -0.299. The fourth-order valence-electron chi connectivity index (χ4n) is 1.25. The minimum absolute atomic E-state index is 0.299. The zero-order valence-electron chi connectivity index (χ0n) is 7.19. The third-order valence-electron chi connectivity index (χ3n) is 1.86. The highest BCUT2D eigenvalue weighted by Crippen LogP contribution is 2.19. The first kappa shape index (κ1) is 9.33. The molecule has 3 nitrogen and oxygen atoms in total. The number of hydrogen-bond acceptors (Lipinski definition) is 2. The van der Waals surface area contributed by atoms with Crippen molar-refractivity contribution in [1.29, 1.82) is 0 Å². The number of nitrogens with zero attached hydrogens (tertiary/aromatic N) is 3. The normalized spacial score (nSPS) is 10.4. The number of alkyl halides is 1. The van der Waals surface area contributed by atoms with E-state index in [1.54, 1.807) is 6.07 Å². The number of halogens is 2. The predicted molar refractivity (Wildman–Crippen MR) is 53.9 cm³/mol. The van der Waals surface area contributed by atoms with E-state index in [1.807, 2.05) is 6.07 Å². The van der Waals surface area contributed by atoms with Crippen LogP contribution in [-0.4, -0.2) is 14.8 Å². The maximum atomic E-state index is 13.5. The molecule has 0 saturated carbocycles. The van der Waals surface area contributed by atoms with E-state index < -0.39 is 0 Å². The fourth-order valence-corrected chi connectivity index (χ4v) is 1.70. The van der Waals surface area contributed by atoms with Gasteiger partial charge in [0.05, 0.1) is 0 Å². The standard InChI is InChI=1S/C9H7BrFN3/c10-4-7-2-1-3-8(11)9(7)14-6-12-5-13-14/h1-3,5-6H,4H2. The Morgan fingerprint density at radius 2 is 2.29 bits per heavy atom. The van der Waals surface area contributed by atoms with Crippen LogP contribution in [0.25, 0.3) is 5.69 Å². The van der Waals surface area contributed by atoms with Crippen molar-refractivity contribution in [3.63, 3.8) is 0 Å². The Hall–Kier alpha value is -1.23. The predicted octanol–water partition coefficient (Wildman–Crippen LogP) is 2.30. The van der Waals surface area contributed by atoms with Crippen LogP contribution >= 0.6 is 15.9 Å². The van der Waals surface area contributed by atoms with E-state index in [0.717, 1.165) is 5.56 Å². The zero-order chi connectivity index (χ0) is 9.97. The van der Waals surface area contributed by atoms with Crippen molar-refractivity contribution < 1.29 is 4.39 Å². The van der Waals surface area contributed by atoms with Crippen molar-refractivity contribution in [3.8, 4) is 5.69 Å². The number of hydrogen-bond donors (Lipinski definition) is 0. The molecule has 0 bridgehead atoms. The maximum absolute atomic E-state index is 13.5. The van der Waals surface area contributed by atoms with E-state index in [2.05, 4.69) is 26.0 Å². The van der Waals surface area contributed by atoms with Gasteiger partial charge in [-0.15, -0.1) is 0 Å². The second-order valence-electron chi connectivity index (χ2n) is 2.72. The van der Waals surface area contributed by atoms with E-state index in [1.165, 1.54) is 23.4 Å². The van der Waals surface area contributed by atoms with Gasteiger partial charge < -0.3 is 0 Å². The highest BCUT2D eigenvalue weighted by molar-refractivity contribution is 9.08. The van der Waals surface area contributed by atoms with Gasteiger partial charge in [0, 0.05) is 5.33 Å². The van der Waals surface area contributed by atoms with Crippen LogP contribution in [0.2, 0.25) is 0 Å². The van der Waals surface area contributed by atoms with Gasteiger partial charge >= 0.3 is 0 Å². The fraction of sp³-hybridized carbons (Fsp3) is 0.111. The molecular weight excluding hydrogens is 249 g/mol. The molecule has 0 N–H and O–H groups in total. The first-order valence-electron chi connectivity index (χ1n) is 4.01. The summed E-state index contributed by atoms with van der Waals surface area (Å²) in [6, 6.07) is 4.92. The van der Waals surface area contributed by atoms with Gasteiger partial charge in [-0.25, -0.2) is 14.1 Å². The Balaban J connectivity index is 2.61. The smallest absolute Gasteiger partial charge is 0.149 e. The summed E-state index contributed by atoms with van der Waals surface area (Å²) in [6.45, 7) is 0. The molecule has 5 heteroatoms. The van der Waals surface area contributed by atoms with Crippen LogP contribution in [0.3, 0.4) is 0 Å². The van der Waals surface area contributed by atoms with E-state index >= 15 is 0 Å². The monoisotopic (exact) mass is 255 g/mol. The average Bonchev–Trinajstić information content (AvgIpc) is 2.70. The highest BCUT2D eigenvalue weighted by Gasteiger charge is 2.09. The molecule has 14 heavy (non-hydrogen) atoms. The first-order chi connectivity index (χ1) is 6.83. The Labute approximate surface area is 88.7 Å². The zero-order valence-corrected chi connectivity index (χ0v) is 8.78. The maximum Gasteiger partial charge on any atom is 0.149 e. The summed E-state index contributed by atoms with van der Waals surface area (Å²) in [7, 11) is 0. The molecule has 0 aliphatic carbocycles. The van der Waals surface area contributed by atoms with Crippen LogP contribution in [0.5, 0.6) is 0 Å². The molecule has 0 saturated heterocycles. The molecule has 1 heterocycles. The van der Waals surface area contributed by atoms with Gasteiger partial charge in [0.1, 0.15) is 24.2 Å². The van der Waals surface area contributed by atoms with Crippen molar-refractivity contribution in [2.24, 2.45) is 0 Å². The topological polar surface area (TPSA) is 30.7 Å². The van der Waals surface area contributed by atoms with Crippen LogP contribution in [0.4, 0.5) is 4.39 Å². The van der Waals surface area contributed by atoms with Gasteiger partial charge in [0.25, 0.3) is 0 Å². The first-order valence-corrected chi connectivity index (χ1v) is 5.13. The summed E-state index contributed by atoms with van der Waals surface area (Å²) in [5.41, 5.74) is 1.29. The molecule has 1 aromatic heterocycles. The largest absolute Gasteiger partial charge is 0.223 e. The second-order valence-corrected chi connectivity index (χ2v) is 3.28. The second kappa shape index (κ2) is 3.88. The van der Waals surface area contributed by atoms with E-state index in [9.17, 15) is 4.39 Å². The molecule has 0 aliphatic rings. The van der Waals surface area contributed by atoms with E-state index in [4.69, 9.17) is 0 Å². The lowest BCUT2D eigenvalue weighted by molar-refractivity contribution is 0.608. The molecule has 72 valence electrons. The van der Waals surface area contributed by atoms with Gasteiger partial charge in [-0.2, -0.15) is 5.10 Å². The van der Waals surface area contributed by atoms with Crippen LogP contribution in [0, 0.1) is 5.82 Å². The van der Waals surface area contributed by atoms with Crippen LogP contribution in [0.15, 0.2) is 30.9 Å². The summed E-state index contributed by atoms with van der Waals surface area (Å²) in [6.07, 6.45) is 2.86. The number of benzene rings is 1. The number of para-hydroxylation sites is 1. The quantitative estimate of drug-likeness (QED) is 0.772. The van der Waals surface area contributed by atoms with E-state index in [-0.39, 0.29) is 5.82 Å². The lowest BCUT2D eigenvalue weighted by atomic mass is 10.2. The van der Waals surface area contributed by atoms with Gasteiger partial charge in [0.2, 0.25) is 0 Å². The van der Waals surface area contributed by atoms with Crippen molar-refractivity contribution in [2.45, 2.75) is 5.33 Å². The average molecular weight is 256 g/mol. The molecular formula is C9H7BrFN3. The highest BCUT2D eigenvalue weighted by atomic mass is 79.9. The van der Waals surface area contributed by atoms with Crippen LogP contribution < -0.4 is 0 Å². The summed E-state index contributed by atoms with van der Waals surface area (Å²) in [5, 5.41) is 4.48. The number of rotatable bonds is 2. The van der Waals surface area contributed by atoms with Gasteiger partial charge in [-0.3, -0.25) is 0 Å². The Kier molecular flexibility index (Phi) is 2.58. The van der Waals surface area contributed by atoms with Crippen molar-refractivity contribution >= 4 is 15.9 Å². The van der Waals surface area contributed by atoms with Crippen molar-refractivity contribution in [2.75, 3.05) is 0 Å². The third-order valence-corrected chi connectivity index (χ3v) is 2.47.